The number of hydrogen-bond donors (Lipinski definition) is 2. The summed E-state index contributed by atoms with van der Waals surface area (Å²) in [6, 6.07) is 6.39. The molecular formula is C18H20N2O2S. The first-order valence-electron chi connectivity index (χ1n) is 8.05. The minimum Gasteiger partial charge on any atom is -0.488 e. The molecule has 2 aromatic rings. The van der Waals surface area contributed by atoms with Gasteiger partial charge in [-0.05, 0) is 35.9 Å². The third kappa shape index (κ3) is 2.86. The molecule has 1 amide bonds. The maximum atomic E-state index is 11.6. The SMILES string of the molecule is Cc1cc2c(c3c1NC(=O)CC3)OC(CNCc1cccs1)C2. The number of fused-ring (bicyclic) bond motifs is 3. The van der Waals surface area contributed by atoms with Gasteiger partial charge < -0.3 is 15.4 Å². The number of thiophene rings is 1. The second-order valence-corrected chi connectivity index (χ2v) is 7.27. The van der Waals surface area contributed by atoms with Crippen LogP contribution in [0.5, 0.6) is 5.75 Å². The van der Waals surface area contributed by atoms with Gasteiger partial charge in [0.25, 0.3) is 0 Å². The third-order valence-corrected chi connectivity index (χ3v) is 5.38. The van der Waals surface area contributed by atoms with E-state index in [1.807, 2.05) is 0 Å². The Balaban J connectivity index is 1.46. The second-order valence-electron chi connectivity index (χ2n) is 6.24. The minimum atomic E-state index is 0.104. The van der Waals surface area contributed by atoms with Gasteiger partial charge in [0.1, 0.15) is 11.9 Å². The number of anilines is 1. The van der Waals surface area contributed by atoms with E-state index in [1.165, 1.54) is 16.0 Å². The molecule has 1 atom stereocenters. The first kappa shape index (κ1) is 14.7. The Labute approximate surface area is 139 Å². The summed E-state index contributed by atoms with van der Waals surface area (Å²) in [5.41, 5.74) is 4.57. The maximum absolute atomic E-state index is 11.6. The lowest BCUT2D eigenvalue weighted by molar-refractivity contribution is -0.116. The molecule has 2 N–H and O–H groups in total. The van der Waals surface area contributed by atoms with Gasteiger partial charge in [-0.2, -0.15) is 0 Å². The molecule has 2 aliphatic heterocycles. The summed E-state index contributed by atoms with van der Waals surface area (Å²) < 4.78 is 6.20. The highest BCUT2D eigenvalue weighted by Gasteiger charge is 2.30. The smallest absolute Gasteiger partial charge is 0.224 e. The summed E-state index contributed by atoms with van der Waals surface area (Å²) >= 11 is 1.77. The number of carbonyl (C=O) groups is 1. The van der Waals surface area contributed by atoms with Crippen LogP contribution in [0.25, 0.3) is 0 Å². The van der Waals surface area contributed by atoms with Crippen molar-refractivity contribution in [3.63, 3.8) is 0 Å². The van der Waals surface area contributed by atoms with Crippen molar-refractivity contribution in [1.29, 1.82) is 0 Å². The van der Waals surface area contributed by atoms with Crippen molar-refractivity contribution in [1.82, 2.24) is 5.32 Å². The van der Waals surface area contributed by atoms with Gasteiger partial charge in [0.15, 0.2) is 0 Å². The highest BCUT2D eigenvalue weighted by atomic mass is 32.1. The highest BCUT2D eigenvalue weighted by molar-refractivity contribution is 7.09. The molecule has 0 spiro atoms. The molecule has 5 heteroatoms. The molecular weight excluding hydrogens is 308 g/mol. The van der Waals surface area contributed by atoms with Crippen molar-refractivity contribution >= 4 is 22.9 Å². The summed E-state index contributed by atoms with van der Waals surface area (Å²) in [6.07, 6.45) is 2.44. The number of ether oxygens (including phenoxy) is 1. The standard InChI is InChI=1S/C18H20N2O2S/c1-11-7-12-8-13(9-19-10-14-3-2-6-23-14)22-18(12)15-4-5-16(21)20-17(11)15/h2-3,6-7,13,19H,4-5,8-10H2,1H3,(H,20,21). The number of benzene rings is 1. The molecule has 120 valence electrons. The number of amides is 1. The third-order valence-electron chi connectivity index (χ3n) is 4.50. The molecule has 1 unspecified atom stereocenters. The molecule has 4 rings (SSSR count). The molecule has 0 saturated carbocycles. The van der Waals surface area contributed by atoms with Crippen molar-refractivity contribution in [2.75, 3.05) is 11.9 Å². The van der Waals surface area contributed by atoms with Gasteiger partial charge in [0.2, 0.25) is 5.91 Å². The zero-order chi connectivity index (χ0) is 15.8. The normalized spacial score (nSPS) is 19.0. The molecule has 0 fully saturated rings. The molecule has 1 aromatic heterocycles. The molecule has 4 nitrogen and oxygen atoms in total. The molecule has 0 bridgehead atoms. The van der Waals surface area contributed by atoms with E-state index in [0.29, 0.717) is 6.42 Å². The fraction of sp³-hybridized carbons (Fsp3) is 0.389. The van der Waals surface area contributed by atoms with E-state index in [9.17, 15) is 4.79 Å². The van der Waals surface area contributed by atoms with Gasteiger partial charge in [-0.25, -0.2) is 0 Å². The summed E-state index contributed by atoms with van der Waals surface area (Å²) in [5, 5.41) is 8.58. The number of aryl methyl sites for hydroxylation is 1. The molecule has 3 heterocycles. The van der Waals surface area contributed by atoms with E-state index < -0.39 is 0 Å². The number of carbonyl (C=O) groups excluding carboxylic acids is 1. The van der Waals surface area contributed by atoms with E-state index in [0.717, 1.165) is 42.9 Å². The van der Waals surface area contributed by atoms with Crippen LogP contribution in [0.3, 0.4) is 0 Å². The van der Waals surface area contributed by atoms with Crippen LogP contribution < -0.4 is 15.4 Å². The Morgan fingerprint density at radius 3 is 3.17 bits per heavy atom. The molecule has 2 aliphatic rings. The Morgan fingerprint density at radius 1 is 1.43 bits per heavy atom. The van der Waals surface area contributed by atoms with Gasteiger partial charge in [-0.3, -0.25) is 4.79 Å². The van der Waals surface area contributed by atoms with E-state index >= 15 is 0 Å². The molecule has 0 radical (unpaired) electrons. The van der Waals surface area contributed by atoms with Crippen LogP contribution in [0.15, 0.2) is 23.6 Å². The van der Waals surface area contributed by atoms with Crippen LogP contribution in [0, 0.1) is 6.92 Å². The van der Waals surface area contributed by atoms with Gasteiger partial charge in [0, 0.05) is 36.4 Å². The van der Waals surface area contributed by atoms with Crippen molar-refractivity contribution in [3.8, 4) is 5.75 Å². The second kappa shape index (κ2) is 5.98. The molecule has 0 aliphatic carbocycles. The monoisotopic (exact) mass is 328 g/mol. The van der Waals surface area contributed by atoms with E-state index in [-0.39, 0.29) is 12.0 Å². The fourth-order valence-corrected chi connectivity index (χ4v) is 4.11. The summed E-state index contributed by atoms with van der Waals surface area (Å²) in [5.74, 6) is 1.11. The van der Waals surface area contributed by atoms with Crippen LogP contribution in [-0.4, -0.2) is 18.6 Å². The lowest BCUT2D eigenvalue weighted by Gasteiger charge is -2.22. The maximum Gasteiger partial charge on any atom is 0.224 e. The van der Waals surface area contributed by atoms with Crippen molar-refractivity contribution in [3.05, 3.63) is 45.1 Å². The number of nitrogens with one attached hydrogen (secondary N) is 2. The van der Waals surface area contributed by atoms with E-state index in [2.05, 4.69) is 41.1 Å². The van der Waals surface area contributed by atoms with E-state index in [4.69, 9.17) is 4.74 Å². The zero-order valence-corrected chi connectivity index (χ0v) is 14.0. The summed E-state index contributed by atoms with van der Waals surface area (Å²) in [7, 11) is 0. The highest BCUT2D eigenvalue weighted by Crippen LogP contribution is 2.41. The van der Waals surface area contributed by atoms with E-state index in [1.54, 1.807) is 11.3 Å². The Morgan fingerprint density at radius 2 is 2.35 bits per heavy atom. The van der Waals surface area contributed by atoms with Crippen molar-refractivity contribution < 1.29 is 9.53 Å². The minimum absolute atomic E-state index is 0.104. The largest absolute Gasteiger partial charge is 0.488 e. The first-order chi connectivity index (χ1) is 11.2. The van der Waals surface area contributed by atoms with Crippen LogP contribution in [0.4, 0.5) is 5.69 Å². The number of hydrogen-bond acceptors (Lipinski definition) is 4. The van der Waals surface area contributed by atoms with Crippen molar-refractivity contribution in [2.45, 2.75) is 38.8 Å². The van der Waals surface area contributed by atoms with Gasteiger partial charge in [-0.1, -0.05) is 12.1 Å². The predicted molar refractivity (Wildman–Crippen MR) is 92.3 cm³/mol. The fourth-order valence-electron chi connectivity index (χ4n) is 3.43. The average Bonchev–Trinajstić information content (AvgIpc) is 3.17. The Hall–Kier alpha value is -1.85. The van der Waals surface area contributed by atoms with Crippen molar-refractivity contribution in [2.24, 2.45) is 0 Å². The van der Waals surface area contributed by atoms with Gasteiger partial charge >= 0.3 is 0 Å². The summed E-state index contributed by atoms with van der Waals surface area (Å²) in [4.78, 5) is 13.0. The predicted octanol–water partition coefficient (Wildman–Crippen LogP) is 3.03. The quantitative estimate of drug-likeness (QED) is 0.907. The molecule has 0 saturated heterocycles. The van der Waals surface area contributed by atoms with Gasteiger partial charge in [-0.15, -0.1) is 11.3 Å². The zero-order valence-electron chi connectivity index (χ0n) is 13.1. The number of rotatable bonds is 4. The summed E-state index contributed by atoms with van der Waals surface area (Å²) in [6.45, 7) is 3.79. The average molecular weight is 328 g/mol. The Kier molecular flexibility index (Phi) is 3.83. The van der Waals surface area contributed by atoms with Crippen LogP contribution in [-0.2, 0) is 24.2 Å². The topological polar surface area (TPSA) is 50.4 Å². The molecule has 23 heavy (non-hydrogen) atoms. The Bertz CT molecular complexity index is 740. The van der Waals surface area contributed by atoms with Crippen LogP contribution in [0.1, 0.15) is 28.0 Å². The molecule has 1 aromatic carbocycles. The van der Waals surface area contributed by atoms with Crippen LogP contribution in [0.2, 0.25) is 0 Å². The first-order valence-corrected chi connectivity index (χ1v) is 8.93. The van der Waals surface area contributed by atoms with Gasteiger partial charge in [0.05, 0.1) is 5.69 Å². The lowest BCUT2D eigenvalue weighted by Crippen LogP contribution is -2.29. The van der Waals surface area contributed by atoms with Crippen LogP contribution >= 0.6 is 11.3 Å². The lowest BCUT2D eigenvalue weighted by atomic mass is 9.94.